The average molecular weight is 421 g/mol. The van der Waals surface area contributed by atoms with Gasteiger partial charge in [0.2, 0.25) is 0 Å². The summed E-state index contributed by atoms with van der Waals surface area (Å²) in [7, 11) is 3.44. The van der Waals surface area contributed by atoms with Crippen molar-refractivity contribution in [3.8, 4) is 5.69 Å². The van der Waals surface area contributed by atoms with Crippen LogP contribution in [0.5, 0.6) is 0 Å². The van der Waals surface area contributed by atoms with Crippen LogP contribution in [0.25, 0.3) is 5.69 Å². The summed E-state index contributed by atoms with van der Waals surface area (Å²) in [6, 6.07) is 15.5. The zero-order chi connectivity index (χ0) is 21.3. The van der Waals surface area contributed by atoms with Crippen LogP contribution in [0.4, 0.5) is 10.5 Å². The van der Waals surface area contributed by atoms with E-state index in [-0.39, 0.29) is 11.1 Å². The Bertz CT molecular complexity index is 1090. The van der Waals surface area contributed by atoms with Crippen molar-refractivity contribution in [1.29, 1.82) is 0 Å². The lowest BCUT2D eigenvalue weighted by atomic mass is 10.2. The SMILES string of the molecule is Cc1ccc(-n2nc(C(=O)Nc3ccc(SC(=O)N(C)C)cc3)c3c2CCC3)cc1. The molecule has 0 fully saturated rings. The molecule has 0 atom stereocenters. The summed E-state index contributed by atoms with van der Waals surface area (Å²) in [5.74, 6) is -0.205. The number of nitrogens with zero attached hydrogens (tertiary/aromatic N) is 3. The Hall–Kier alpha value is -3.06. The molecule has 0 spiro atoms. The molecule has 1 N–H and O–H groups in total. The fourth-order valence-corrected chi connectivity index (χ4v) is 4.16. The van der Waals surface area contributed by atoms with Crippen LogP contribution in [0.3, 0.4) is 0 Å². The van der Waals surface area contributed by atoms with Gasteiger partial charge in [0.1, 0.15) is 0 Å². The predicted octanol–water partition coefficient (Wildman–Crippen LogP) is 4.70. The topological polar surface area (TPSA) is 67.2 Å². The minimum atomic E-state index is -0.205. The van der Waals surface area contributed by atoms with E-state index >= 15 is 0 Å². The first-order valence-electron chi connectivity index (χ1n) is 9.91. The number of rotatable bonds is 4. The molecule has 1 heterocycles. The van der Waals surface area contributed by atoms with E-state index in [0.29, 0.717) is 11.4 Å². The maximum absolute atomic E-state index is 13.0. The second-order valence-electron chi connectivity index (χ2n) is 7.62. The van der Waals surface area contributed by atoms with Crippen molar-refractivity contribution >= 4 is 28.6 Å². The molecule has 1 aliphatic carbocycles. The van der Waals surface area contributed by atoms with Gasteiger partial charge in [0.25, 0.3) is 11.1 Å². The minimum Gasteiger partial charge on any atom is -0.339 e. The number of anilines is 1. The molecule has 30 heavy (non-hydrogen) atoms. The third-order valence-corrected chi connectivity index (χ3v) is 6.15. The Labute approximate surface area is 180 Å². The van der Waals surface area contributed by atoms with E-state index < -0.39 is 0 Å². The molecule has 6 nitrogen and oxygen atoms in total. The quantitative estimate of drug-likeness (QED) is 0.622. The highest BCUT2D eigenvalue weighted by Gasteiger charge is 2.27. The lowest BCUT2D eigenvalue weighted by Gasteiger charge is -2.09. The molecule has 7 heteroatoms. The van der Waals surface area contributed by atoms with Crippen LogP contribution in [-0.2, 0) is 12.8 Å². The van der Waals surface area contributed by atoms with Crippen LogP contribution >= 0.6 is 11.8 Å². The number of carbonyl (C=O) groups excluding carboxylic acids is 2. The van der Waals surface area contributed by atoms with E-state index in [1.807, 2.05) is 28.9 Å². The molecule has 3 aromatic rings. The van der Waals surface area contributed by atoms with E-state index in [1.54, 1.807) is 26.2 Å². The van der Waals surface area contributed by atoms with Crippen molar-refractivity contribution in [1.82, 2.24) is 14.7 Å². The van der Waals surface area contributed by atoms with Crippen molar-refractivity contribution in [3.63, 3.8) is 0 Å². The largest absolute Gasteiger partial charge is 0.339 e. The van der Waals surface area contributed by atoms with Crippen LogP contribution in [0.2, 0.25) is 0 Å². The third kappa shape index (κ3) is 4.11. The fraction of sp³-hybridized carbons (Fsp3) is 0.261. The molecule has 2 aromatic carbocycles. The number of aromatic nitrogens is 2. The average Bonchev–Trinajstić information content (AvgIpc) is 3.33. The van der Waals surface area contributed by atoms with E-state index in [2.05, 4.69) is 29.5 Å². The van der Waals surface area contributed by atoms with Gasteiger partial charge in [-0.1, -0.05) is 17.7 Å². The number of amides is 2. The van der Waals surface area contributed by atoms with Gasteiger partial charge in [0.15, 0.2) is 5.69 Å². The van der Waals surface area contributed by atoms with Crippen molar-refractivity contribution in [2.75, 3.05) is 19.4 Å². The van der Waals surface area contributed by atoms with E-state index in [1.165, 1.54) is 10.5 Å². The second-order valence-corrected chi connectivity index (χ2v) is 8.64. The second kappa shape index (κ2) is 8.36. The molecular weight excluding hydrogens is 396 g/mol. The summed E-state index contributed by atoms with van der Waals surface area (Å²) >= 11 is 1.15. The number of fused-ring (bicyclic) bond motifs is 1. The van der Waals surface area contributed by atoms with Gasteiger partial charge in [0, 0.05) is 35.9 Å². The lowest BCUT2D eigenvalue weighted by molar-refractivity contribution is 0.102. The molecule has 2 amide bonds. The Balaban J connectivity index is 1.53. The molecule has 0 bridgehead atoms. The van der Waals surface area contributed by atoms with Crippen LogP contribution in [0, 0.1) is 6.92 Å². The summed E-state index contributed by atoms with van der Waals surface area (Å²) in [5.41, 5.74) is 5.50. The van der Waals surface area contributed by atoms with Crippen molar-refractivity contribution in [2.24, 2.45) is 0 Å². The van der Waals surface area contributed by atoms with Gasteiger partial charge in [-0.15, -0.1) is 0 Å². The van der Waals surface area contributed by atoms with Gasteiger partial charge in [-0.3, -0.25) is 9.59 Å². The standard InChI is InChI=1S/C23H24N4O2S/c1-15-7-11-17(12-8-15)27-20-6-4-5-19(20)21(25-27)22(28)24-16-9-13-18(14-10-16)30-23(29)26(2)3/h7-14H,4-6H2,1-3H3,(H,24,28). The summed E-state index contributed by atoms with van der Waals surface area (Å²) < 4.78 is 1.91. The Morgan fingerprint density at radius 3 is 2.40 bits per heavy atom. The maximum Gasteiger partial charge on any atom is 0.285 e. The Morgan fingerprint density at radius 1 is 1.03 bits per heavy atom. The first kappa shape index (κ1) is 20.2. The third-order valence-electron chi connectivity index (χ3n) is 5.11. The lowest BCUT2D eigenvalue weighted by Crippen LogP contribution is -2.16. The summed E-state index contributed by atoms with van der Waals surface area (Å²) in [5, 5.41) is 7.56. The Kier molecular flexibility index (Phi) is 5.63. The highest BCUT2D eigenvalue weighted by atomic mass is 32.2. The number of carbonyl (C=O) groups is 2. The highest BCUT2D eigenvalue weighted by molar-refractivity contribution is 8.13. The summed E-state index contributed by atoms with van der Waals surface area (Å²) in [6.45, 7) is 2.05. The molecule has 1 aromatic heterocycles. The number of thioether (sulfide) groups is 1. The zero-order valence-electron chi connectivity index (χ0n) is 17.3. The number of aryl methyl sites for hydroxylation is 1. The van der Waals surface area contributed by atoms with E-state index in [0.717, 1.165) is 52.9 Å². The molecule has 0 aliphatic heterocycles. The first-order valence-corrected chi connectivity index (χ1v) is 10.7. The first-order chi connectivity index (χ1) is 14.4. The molecule has 0 saturated carbocycles. The molecule has 4 rings (SSSR count). The number of hydrogen-bond acceptors (Lipinski definition) is 4. The van der Waals surface area contributed by atoms with Gasteiger partial charge in [-0.05, 0) is 74.3 Å². The van der Waals surface area contributed by atoms with Crippen molar-refractivity contribution in [2.45, 2.75) is 31.1 Å². The summed E-state index contributed by atoms with van der Waals surface area (Å²) in [4.78, 5) is 27.1. The monoisotopic (exact) mass is 420 g/mol. The minimum absolute atomic E-state index is 0.0380. The normalized spacial score (nSPS) is 12.5. The van der Waals surface area contributed by atoms with Crippen molar-refractivity contribution < 1.29 is 9.59 Å². The summed E-state index contributed by atoms with van der Waals surface area (Å²) in [6.07, 6.45) is 2.83. The highest BCUT2D eigenvalue weighted by Crippen LogP contribution is 2.29. The number of nitrogens with one attached hydrogen (secondary N) is 1. The van der Waals surface area contributed by atoms with Gasteiger partial charge in [0.05, 0.1) is 5.69 Å². The van der Waals surface area contributed by atoms with E-state index in [4.69, 9.17) is 0 Å². The molecular formula is C23H24N4O2S. The number of benzene rings is 2. The van der Waals surface area contributed by atoms with Crippen molar-refractivity contribution in [3.05, 3.63) is 71.0 Å². The van der Waals surface area contributed by atoms with Crippen LogP contribution in [0.15, 0.2) is 53.4 Å². The molecule has 154 valence electrons. The van der Waals surface area contributed by atoms with Gasteiger partial charge in [-0.2, -0.15) is 5.10 Å². The van der Waals surface area contributed by atoms with E-state index in [9.17, 15) is 9.59 Å². The van der Waals surface area contributed by atoms with Crippen LogP contribution in [0.1, 0.15) is 33.7 Å². The van der Waals surface area contributed by atoms with Crippen LogP contribution in [-0.4, -0.2) is 39.9 Å². The predicted molar refractivity (Wildman–Crippen MR) is 120 cm³/mol. The molecule has 0 saturated heterocycles. The van der Waals surface area contributed by atoms with Gasteiger partial charge >= 0.3 is 0 Å². The zero-order valence-corrected chi connectivity index (χ0v) is 18.1. The smallest absolute Gasteiger partial charge is 0.285 e. The fourth-order valence-electron chi connectivity index (χ4n) is 3.51. The van der Waals surface area contributed by atoms with Crippen LogP contribution < -0.4 is 5.32 Å². The maximum atomic E-state index is 13.0. The molecule has 0 radical (unpaired) electrons. The molecule has 1 aliphatic rings. The molecule has 0 unspecified atom stereocenters. The Morgan fingerprint density at radius 2 is 1.73 bits per heavy atom. The number of hydrogen-bond donors (Lipinski definition) is 1. The van der Waals surface area contributed by atoms with Gasteiger partial charge in [-0.25, -0.2) is 4.68 Å². The van der Waals surface area contributed by atoms with Gasteiger partial charge < -0.3 is 10.2 Å².